The number of nitrogens with zero attached hydrogens (tertiary/aromatic N) is 2. The average molecular weight is 261 g/mol. The van der Waals surface area contributed by atoms with Crippen molar-refractivity contribution in [1.29, 1.82) is 0 Å². The summed E-state index contributed by atoms with van der Waals surface area (Å²) in [6, 6.07) is 0.543. The van der Waals surface area contributed by atoms with E-state index in [1.807, 2.05) is 0 Å². The van der Waals surface area contributed by atoms with E-state index in [4.69, 9.17) is 0 Å². The highest BCUT2D eigenvalue weighted by Crippen LogP contribution is 2.41. The molecule has 0 aromatic carbocycles. The van der Waals surface area contributed by atoms with Crippen molar-refractivity contribution < 1.29 is 0 Å². The Morgan fingerprint density at radius 2 is 2.16 bits per heavy atom. The number of hydrogen-bond acceptors (Lipinski definition) is 2. The molecule has 1 aromatic rings. The van der Waals surface area contributed by atoms with E-state index in [0.29, 0.717) is 11.5 Å². The van der Waals surface area contributed by atoms with Crippen LogP contribution < -0.4 is 5.32 Å². The highest BCUT2D eigenvalue weighted by molar-refractivity contribution is 5.24. The van der Waals surface area contributed by atoms with Crippen molar-refractivity contribution in [3.05, 3.63) is 17.5 Å². The van der Waals surface area contributed by atoms with Crippen molar-refractivity contribution in [3.8, 4) is 0 Å². The molecule has 0 bridgehead atoms. The van der Waals surface area contributed by atoms with Crippen molar-refractivity contribution in [3.63, 3.8) is 0 Å². The summed E-state index contributed by atoms with van der Waals surface area (Å²) in [4.78, 5) is 0. The number of rotatable bonds is 4. The second-order valence-electron chi connectivity index (χ2n) is 6.56. The summed E-state index contributed by atoms with van der Waals surface area (Å²) in [5.41, 5.74) is 3.48. The number of aromatic nitrogens is 2. The van der Waals surface area contributed by atoms with Gasteiger partial charge < -0.3 is 5.32 Å². The lowest BCUT2D eigenvalue weighted by Gasteiger charge is -2.32. The second kappa shape index (κ2) is 5.28. The predicted molar refractivity (Wildman–Crippen MR) is 78.1 cm³/mol. The lowest BCUT2D eigenvalue weighted by molar-refractivity contribution is 0.250. The summed E-state index contributed by atoms with van der Waals surface area (Å²) >= 11 is 0. The van der Waals surface area contributed by atoms with Crippen molar-refractivity contribution in [1.82, 2.24) is 15.1 Å². The lowest BCUT2D eigenvalue weighted by atomic mass is 9.82. The molecule has 19 heavy (non-hydrogen) atoms. The highest BCUT2D eigenvalue weighted by Gasteiger charge is 2.33. The number of hydrogen-bond donors (Lipinski definition) is 1. The van der Waals surface area contributed by atoms with Crippen LogP contribution >= 0.6 is 0 Å². The summed E-state index contributed by atoms with van der Waals surface area (Å²) in [7, 11) is 2.08. The molecule has 1 unspecified atom stereocenters. The van der Waals surface area contributed by atoms with Gasteiger partial charge >= 0.3 is 0 Å². The Balaban J connectivity index is 1.68. The van der Waals surface area contributed by atoms with E-state index in [0.717, 1.165) is 0 Å². The maximum Gasteiger partial charge on any atom is 0.0540 e. The molecule has 0 amide bonds. The third-order valence-corrected chi connectivity index (χ3v) is 5.51. The number of aryl methyl sites for hydroxylation is 1. The number of nitrogens with one attached hydrogen (secondary N) is 1. The normalized spacial score (nSPS) is 25.5. The average Bonchev–Trinajstić information content (AvgIpc) is 3.05. The fourth-order valence-electron chi connectivity index (χ4n) is 4.04. The van der Waals surface area contributed by atoms with Crippen LogP contribution in [0.1, 0.15) is 69.2 Å². The van der Waals surface area contributed by atoms with Gasteiger partial charge in [0.05, 0.1) is 6.20 Å². The predicted octanol–water partition coefficient (Wildman–Crippen LogP) is 3.36. The Bertz CT molecular complexity index is 429. The zero-order valence-corrected chi connectivity index (χ0v) is 12.4. The van der Waals surface area contributed by atoms with E-state index < -0.39 is 0 Å². The first-order valence-electron chi connectivity index (χ1n) is 7.98. The van der Waals surface area contributed by atoms with E-state index in [1.54, 1.807) is 0 Å². The zero-order valence-electron chi connectivity index (χ0n) is 12.4. The molecule has 1 fully saturated rings. The largest absolute Gasteiger partial charge is 0.309 e. The maximum atomic E-state index is 4.44. The van der Waals surface area contributed by atoms with Gasteiger partial charge in [0.25, 0.3) is 0 Å². The summed E-state index contributed by atoms with van der Waals surface area (Å²) in [6.45, 7) is 3.56. The fraction of sp³-hybridized carbons (Fsp3) is 0.812. The smallest absolute Gasteiger partial charge is 0.0540 e. The molecule has 1 N–H and O–H groups in total. The first kappa shape index (κ1) is 13.2. The Morgan fingerprint density at radius 1 is 1.37 bits per heavy atom. The number of fused-ring (bicyclic) bond motifs is 1. The van der Waals surface area contributed by atoms with Crippen LogP contribution in [-0.4, -0.2) is 16.3 Å². The molecule has 0 radical (unpaired) electrons. The zero-order chi connectivity index (χ0) is 13.3. The molecule has 0 spiro atoms. The van der Waals surface area contributed by atoms with Crippen molar-refractivity contribution in [2.75, 3.05) is 6.54 Å². The Morgan fingerprint density at radius 3 is 2.89 bits per heavy atom. The molecule has 3 nitrogen and oxygen atoms in total. The van der Waals surface area contributed by atoms with Gasteiger partial charge in [0.2, 0.25) is 0 Å². The lowest BCUT2D eigenvalue weighted by Crippen LogP contribution is -2.35. The molecule has 106 valence electrons. The van der Waals surface area contributed by atoms with E-state index in [1.165, 1.54) is 69.2 Å². The van der Waals surface area contributed by atoms with Gasteiger partial charge in [-0.3, -0.25) is 4.68 Å². The van der Waals surface area contributed by atoms with Gasteiger partial charge in [0, 0.05) is 30.9 Å². The molecule has 3 rings (SSSR count). The van der Waals surface area contributed by atoms with Crippen LogP contribution in [0.3, 0.4) is 0 Å². The van der Waals surface area contributed by atoms with Crippen molar-refractivity contribution in [2.45, 2.75) is 64.3 Å². The first-order valence-corrected chi connectivity index (χ1v) is 7.98. The minimum atomic E-state index is 0.543. The summed E-state index contributed by atoms with van der Waals surface area (Å²) < 4.78 is 2.06. The second-order valence-corrected chi connectivity index (χ2v) is 6.56. The molecule has 1 heterocycles. The van der Waals surface area contributed by atoms with Gasteiger partial charge in [-0.1, -0.05) is 19.8 Å². The Hall–Kier alpha value is -0.830. The molecule has 1 atom stereocenters. The standard InChI is InChI=1S/C16H27N3/c1-3-16(9-4-5-10-16)12-17-14-7-6-8-15-13(14)11-18-19(15)2/h11,14,17H,3-10,12H2,1-2H3. The van der Waals surface area contributed by atoms with Gasteiger partial charge in [-0.25, -0.2) is 0 Å². The van der Waals surface area contributed by atoms with Crippen LogP contribution in [0.25, 0.3) is 0 Å². The molecular weight excluding hydrogens is 234 g/mol. The molecule has 1 aromatic heterocycles. The van der Waals surface area contributed by atoms with Crippen LogP contribution in [0.5, 0.6) is 0 Å². The monoisotopic (exact) mass is 261 g/mol. The molecular formula is C16H27N3. The van der Waals surface area contributed by atoms with Gasteiger partial charge in [-0.2, -0.15) is 5.10 Å². The molecule has 2 aliphatic carbocycles. The first-order chi connectivity index (χ1) is 9.24. The van der Waals surface area contributed by atoms with E-state index in [2.05, 4.69) is 35.3 Å². The third-order valence-electron chi connectivity index (χ3n) is 5.51. The molecule has 0 saturated heterocycles. The minimum Gasteiger partial charge on any atom is -0.309 e. The summed E-state index contributed by atoms with van der Waals surface area (Å²) in [6.07, 6.45) is 12.9. The minimum absolute atomic E-state index is 0.543. The van der Waals surface area contributed by atoms with E-state index in [-0.39, 0.29) is 0 Å². The third kappa shape index (κ3) is 2.45. The Kier molecular flexibility index (Phi) is 3.66. The summed E-state index contributed by atoms with van der Waals surface area (Å²) in [5.74, 6) is 0. The van der Waals surface area contributed by atoms with Crippen LogP contribution in [0, 0.1) is 5.41 Å². The van der Waals surface area contributed by atoms with Gasteiger partial charge in [0.1, 0.15) is 0 Å². The van der Waals surface area contributed by atoms with Crippen LogP contribution in [-0.2, 0) is 13.5 Å². The van der Waals surface area contributed by atoms with Crippen LogP contribution in [0.2, 0.25) is 0 Å². The topological polar surface area (TPSA) is 29.9 Å². The van der Waals surface area contributed by atoms with Gasteiger partial charge in [0.15, 0.2) is 0 Å². The van der Waals surface area contributed by atoms with Crippen LogP contribution in [0.15, 0.2) is 6.20 Å². The van der Waals surface area contributed by atoms with Gasteiger partial charge in [-0.05, 0) is 43.9 Å². The van der Waals surface area contributed by atoms with Crippen molar-refractivity contribution >= 4 is 0 Å². The molecule has 2 aliphatic rings. The van der Waals surface area contributed by atoms with Gasteiger partial charge in [-0.15, -0.1) is 0 Å². The van der Waals surface area contributed by atoms with Crippen LogP contribution in [0.4, 0.5) is 0 Å². The SMILES string of the molecule is CCC1(CNC2CCCc3c2cnn3C)CCCC1. The quantitative estimate of drug-likeness (QED) is 0.900. The molecule has 1 saturated carbocycles. The fourth-order valence-corrected chi connectivity index (χ4v) is 4.04. The van der Waals surface area contributed by atoms with E-state index >= 15 is 0 Å². The molecule has 3 heteroatoms. The van der Waals surface area contributed by atoms with E-state index in [9.17, 15) is 0 Å². The van der Waals surface area contributed by atoms with Crippen molar-refractivity contribution in [2.24, 2.45) is 12.5 Å². The highest BCUT2D eigenvalue weighted by atomic mass is 15.3. The summed E-state index contributed by atoms with van der Waals surface area (Å²) in [5, 5.41) is 8.31. The Labute approximate surface area is 116 Å². The maximum absolute atomic E-state index is 4.44. The molecule has 0 aliphatic heterocycles.